The van der Waals surface area contributed by atoms with Gasteiger partial charge in [0.15, 0.2) is 17.4 Å². The van der Waals surface area contributed by atoms with E-state index < -0.39 is 28.0 Å². The van der Waals surface area contributed by atoms with Crippen LogP contribution in [-0.4, -0.2) is 16.9 Å². The van der Waals surface area contributed by atoms with Crippen molar-refractivity contribution in [3.63, 3.8) is 0 Å². The Balaban J connectivity index is 2.20. The molecule has 0 radical (unpaired) electrons. The van der Waals surface area contributed by atoms with Crippen LogP contribution in [0.15, 0.2) is 24.3 Å². The predicted octanol–water partition coefficient (Wildman–Crippen LogP) is 4.62. The van der Waals surface area contributed by atoms with Crippen molar-refractivity contribution >= 4 is 45.6 Å². The largest absolute Gasteiger partial charge is 0.371 e. The third-order valence-electron chi connectivity index (χ3n) is 4.88. The molecule has 2 heterocycles. The summed E-state index contributed by atoms with van der Waals surface area (Å²) in [6.45, 7) is 0.874. The quantitative estimate of drug-likeness (QED) is 0.457. The van der Waals surface area contributed by atoms with Crippen molar-refractivity contribution in [3.8, 4) is 6.07 Å². The molecule has 3 aromatic rings. The van der Waals surface area contributed by atoms with Crippen LogP contribution in [0.4, 0.5) is 14.6 Å². The zero-order chi connectivity index (χ0) is 20.9. The lowest BCUT2D eigenvalue weighted by Gasteiger charge is -2.26. The van der Waals surface area contributed by atoms with Crippen molar-refractivity contribution in [3.05, 3.63) is 68.1 Å². The molecule has 1 aliphatic rings. The second-order valence-electron chi connectivity index (χ2n) is 6.52. The van der Waals surface area contributed by atoms with Crippen LogP contribution in [-0.2, 0) is 6.54 Å². The average molecular weight is 433 g/mol. The molecule has 0 fully saturated rings. The Hall–Kier alpha value is -2.95. The molecule has 0 bridgehead atoms. The zero-order valence-electron chi connectivity index (χ0n) is 14.7. The van der Waals surface area contributed by atoms with Crippen LogP contribution in [0.2, 0.25) is 10.0 Å². The molecule has 146 valence electrons. The maximum Gasteiger partial charge on any atom is 0.197 e. The van der Waals surface area contributed by atoms with E-state index >= 15 is 4.39 Å². The number of benzene rings is 2. The van der Waals surface area contributed by atoms with Crippen LogP contribution < -0.4 is 10.8 Å². The van der Waals surface area contributed by atoms with Gasteiger partial charge in [0.1, 0.15) is 22.9 Å². The van der Waals surface area contributed by atoms with E-state index in [9.17, 15) is 9.18 Å². The number of fused-ring (bicyclic) bond motifs is 2. The summed E-state index contributed by atoms with van der Waals surface area (Å²) in [5, 5.41) is 19.9. The van der Waals surface area contributed by atoms with Crippen LogP contribution in [0, 0.1) is 28.4 Å². The molecule has 0 saturated carbocycles. The van der Waals surface area contributed by atoms with Gasteiger partial charge in [-0.1, -0.05) is 23.2 Å². The number of nitrogens with one attached hydrogen (secondary N) is 2. The summed E-state index contributed by atoms with van der Waals surface area (Å²) in [6, 6.07) is 7.49. The van der Waals surface area contributed by atoms with E-state index in [-0.39, 0.29) is 33.2 Å². The first kappa shape index (κ1) is 19.4. The minimum absolute atomic E-state index is 0.0506. The average Bonchev–Trinajstić information content (AvgIpc) is 2.72. The van der Waals surface area contributed by atoms with Crippen LogP contribution >= 0.6 is 23.2 Å². The second kappa shape index (κ2) is 7.14. The Morgan fingerprint density at radius 2 is 1.86 bits per heavy atom. The van der Waals surface area contributed by atoms with Gasteiger partial charge in [0.25, 0.3) is 0 Å². The van der Waals surface area contributed by atoms with Crippen LogP contribution in [0.3, 0.4) is 0 Å². The van der Waals surface area contributed by atoms with E-state index in [0.717, 1.165) is 0 Å². The Morgan fingerprint density at radius 1 is 1.17 bits per heavy atom. The molecule has 0 saturated heterocycles. The van der Waals surface area contributed by atoms with Crippen LogP contribution in [0.25, 0.3) is 10.8 Å². The molecule has 2 aromatic carbocycles. The lowest BCUT2D eigenvalue weighted by molar-refractivity contribution is 0.104. The number of carbonyl (C=O) groups excluding carboxylic acids is 1. The third kappa shape index (κ3) is 2.87. The lowest BCUT2D eigenvalue weighted by atomic mass is 9.95. The number of hydrogen-bond acceptors (Lipinski definition) is 4. The maximum atomic E-state index is 15.0. The molecule has 0 spiro atoms. The topological polar surface area (TPSA) is 81.7 Å². The summed E-state index contributed by atoms with van der Waals surface area (Å²) >= 11 is 12.1. The molecule has 0 amide bonds. The Morgan fingerprint density at radius 3 is 2.52 bits per heavy atom. The summed E-state index contributed by atoms with van der Waals surface area (Å²) in [5.74, 6) is -2.74. The molecule has 29 heavy (non-hydrogen) atoms. The number of rotatable bonds is 2. The highest BCUT2D eigenvalue weighted by Crippen LogP contribution is 2.37. The number of pyridine rings is 1. The zero-order valence-corrected chi connectivity index (χ0v) is 16.3. The van der Waals surface area contributed by atoms with Crippen molar-refractivity contribution in [1.82, 2.24) is 4.57 Å². The fourth-order valence-corrected chi connectivity index (χ4v) is 3.94. The summed E-state index contributed by atoms with van der Waals surface area (Å²) in [6.07, 6.45) is 0.644. The van der Waals surface area contributed by atoms with E-state index in [2.05, 4.69) is 5.32 Å². The number of halogens is 4. The molecule has 0 aliphatic carbocycles. The van der Waals surface area contributed by atoms with Gasteiger partial charge >= 0.3 is 0 Å². The predicted molar refractivity (Wildman–Crippen MR) is 105 cm³/mol. The number of carbonyl (C=O) groups is 1. The molecule has 2 N–H and O–H groups in total. The van der Waals surface area contributed by atoms with Gasteiger partial charge in [-0.3, -0.25) is 10.2 Å². The standard InChI is InChI=1S/C20H12Cl2F2N4O/c21-10-4-2-9(3-5-10)18(29)14-12-13(16(23)11(8-25)17(24)15(12)22)19(26)28-7-1-6-27-20(14)28/h2-5,26-27H,1,6-7H2. The van der Waals surface area contributed by atoms with E-state index in [4.69, 9.17) is 33.9 Å². The Bertz CT molecular complexity index is 1290. The molecule has 1 aliphatic heterocycles. The highest BCUT2D eigenvalue weighted by Gasteiger charge is 2.30. The highest BCUT2D eigenvalue weighted by molar-refractivity contribution is 6.38. The molecule has 0 unspecified atom stereocenters. The van der Waals surface area contributed by atoms with Gasteiger partial charge in [-0.15, -0.1) is 0 Å². The minimum atomic E-state index is -1.26. The first-order valence-corrected chi connectivity index (χ1v) is 9.38. The van der Waals surface area contributed by atoms with Gasteiger partial charge in [-0.2, -0.15) is 5.26 Å². The molecule has 1 aromatic heterocycles. The second-order valence-corrected chi connectivity index (χ2v) is 7.33. The Kier molecular flexibility index (Phi) is 4.77. The van der Waals surface area contributed by atoms with Crippen molar-refractivity contribution < 1.29 is 13.6 Å². The van der Waals surface area contributed by atoms with Crippen LogP contribution in [0.1, 0.15) is 27.9 Å². The number of anilines is 1. The smallest absolute Gasteiger partial charge is 0.197 e. The molecular weight excluding hydrogens is 421 g/mol. The first-order chi connectivity index (χ1) is 13.9. The minimum Gasteiger partial charge on any atom is -0.371 e. The number of ketones is 1. The summed E-state index contributed by atoms with van der Waals surface area (Å²) in [5.41, 5.74) is -0.980. The molecule has 9 heteroatoms. The van der Waals surface area contributed by atoms with Gasteiger partial charge < -0.3 is 9.88 Å². The molecule has 5 nitrogen and oxygen atoms in total. The van der Waals surface area contributed by atoms with E-state index in [1.165, 1.54) is 34.9 Å². The highest BCUT2D eigenvalue weighted by atomic mass is 35.5. The number of hydrogen-bond donors (Lipinski definition) is 2. The third-order valence-corrected chi connectivity index (χ3v) is 5.49. The fourth-order valence-electron chi connectivity index (χ4n) is 3.53. The van der Waals surface area contributed by atoms with Gasteiger partial charge in [0, 0.05) is 29.1 Å². The van der Waals surface area contributed by atoms with E-state index in [1.54, 1.807) is 0 Å². The van der Waals surface area contributed by atoms with Gasteiger partial charge in [-0.25, -0.2) is 8.78 Å². The Labute approximate surface area is 173 Å². The lowest BCUT2D eigenvalue weighted by Crippen LogP contribution is -2.32. The summed E-state index contributed by atoms with van der Waals surface area (Å²) < 4.78 is 31.1. The normalized spacial score (nSPS) is 12.9. The molecular formula is C20H12Cl2F2N4O. The van der Waals surface area contributed by atoms with Crippen molar-refractivity contribution in [2.75, 3.05) is 11.9 Å². The van der Waals surface area contributed by atoms with Crippen molar-refractivity contribution in [2.24, 2.45) is 0 Å². The van der Waals surface area contributed by atoms with E-state index in [0.29, 0.717) is 24.5 Å². The number of nitriles is 1. The van der Waals surface area contributed by atoms with Gasteiger partial charge in [-0.05, 0) is 30.7 Å². The van der Waals surface area contributed by atoms with Crippen molar-refractivity contribution in [2.45, 2.75) is 13.0 Å². The number of aromatic nitrogens is 1. The van der Waals surface area contributed by atoms with E-state index in [1.807, 2.05) is 0 Å². The fraction of sp³-hybridized carbons (Fsp3) is 0.150. The van der Waals surface area contributed by atoms with Gasteiger partial charge in [0.2, 0.25) is 0 Å². The maximum absolute atomic E-state index is 15.0. The monoisotopic (exact) mass is 432 g/mol. The first-order valence-electron chi connectivity index (χ1n) is 8.62. The summed E-state index contributed by atoms with van der Waals surface area (Å²) in [4.78, 5) is 13.4. The SMILES string of the molecule is N#Cc1c(F)c(Cl)c2c(C(=O)c3ccc(Cl)cc3)c3n(c(=N)c2c1F)CCCN3. The molecule has 4 rings (SSSR count). The number of nitrogens with zero attached hydrogens (tertiary/aromatic N) is 2. The van der Waals surface area contributed by atoms with Crippen molar-refractivity contribution in [1.29, 1.82) is 10.7 Å². The summed E-state index contributed by atoms with van der Waals surface area (Å²) in [7, 11) is 0. The van der Waals surface area contributed by atoms with Gasteiger partial charge in [0.05, 0.1) is 16.0 Å². The molecule has 0 atom stereocenters. The van der Waals surface area contributed by atoms with Crippen LogP contribution in [0.5, 0.6) is 0 Å².